The van der Waals surface area contributed by atoms with E-state index in [-0.39, 0.29) is 23.5 Å². The zero-order valence-corrected chi connectivity index (χ0v) is 10.8. The summed E-state index contributed by atoms with van der Waals surface area (Å²) in [6.45, 7) is 3.41. The summed E-state index contributed by atoms with van der Waals surface area (Å²) in [6.07, 6.45) is 5.33. The van der Waals surface area contributed by atoms with Gasteiger partial charge in [-0.3, -0.25) is 9.59 Å². The summed E-state index contributed by atoms with van der Waals surface area (Å²) < 4.78 is 0. The van der Waals surface area contributed by atoms with Crippen molar-refractivity contribution in [3.05, 3.63) is 0 Å². The topological polar surface area (TPSA) is 46.2 Å². The highest BCUT2D eigenvalue weighted by molar-refractivity contribution is 6.29. The van der Waals surface area contributed by atoms with Crippen molar-refractivity contribution >= 4 is 23.3 Å². The molecule has 0 radical (unpaired) electrons. The number of hydrogen-bond acceptors (Lipinski definition) is 2. The molecule has 92 valence electrons. The van der Waals surface area contributed by atoms with Crippen LogP contribution >= 0.6 is 11.6 Å². The Morgan fingerprint density at radius 3 is 2.31 bits per heavy atom. The van der Waals surface area contributed by atoms with Crippen molar-refractivity contribution in [3.63, 3.8) is 0 Å². The number of ketones is 1. The van der Waals surface area contributed by atoms with Crippen LogP contribution in [0.15, 0.2) is 0 Å². The van der Waals surface area contributed by atoms with Gasteiger partial charge in [0.25, 0.3) is 0 Å². The summed E-state index contributed by atoms with van der Waals surface area (Å²) in [5.41, 5.74) is -0.837. The maximum atomic E-state index is 11.9. The van der Waals surface area contributed by atoms with Gasteiger partial charge in [0.15, 0.2) is 5.78 Å². The molecule has 1 saturated carbocycles. The van der Waals surface area contributed by atoms with Gasteiger partial charge < -0.3 is 5.32 Å². The SMILES string of the molecule is CC(C)(NC(=O)C1CCCCC1)C(=O)CCl. The number of rotatable bonds is 4. The van der Waals surface area contributed by atoms with Crippen LogP contribution in [-0.4, -0.2) is 23.1 Å². The fourth-order valence-electron chi connectivity index (χ4n) is 2.01. The third-order valence-corrected chi connectivity index (χ3v) is 3.47. The summed E-state index contributed by atoms with van der Waals surface area (Å²) >= 11 is 5.50. The quantitative estimate of drug-likeness (QED) is 0.773. The standard InChI is InChI=1S/C12H20ClNO2/c1-12(2,10(15)8-13)14-11(16)9-6-4-3-5-7-9/h9H,3-8H2,1-2H3,(H,14,16). The van der Waals surface area contributed by atoms with E-state index < -0.39 is 5.54 Å². The highest BCUT2D eigenvalue weighted by Gasteiger charge is 2.31. The van der Waals surface area contributed by atoms with Gasteiger partial charge in [0, 0.05) is 5.92 Å². The molecule has 1 rings (SSSR count). The second-order valence-electron chi connectivity index (χ2n) is 5.01. The van der Waals surface area contributed by atoms with Crippen LogP contribution in [0.25, 0.3) is 0 Å². The van der Waals surface area contributed by atoms with Crippen molar-refractivity contribution in [2.24, 2.45) is 5.92 Å². The van der Waals surface area contributed by atoms with Crippen LogP contribution in [-0.2, 0) is 9.59 Å². The first-order valence-electron chi connectivity index (χ1n) is 5.88. The van der Waals surface area contributed by atoms with E-state index in [2.05, 4.69) is 5.32 Å². The zero-order chi connectivity index (χ0) is 12.2. The molecule has 0 spiro atoms. The van der Waals surface area contributed by atoms with E-state index in [0.717, 1.165) is 25.7 Å². The normalized spacial score (nSPS) is 18.2. The fourth-order valence-corrected chi connectivity index (χ4v) is 2.35. The lowest BCUT2D eigenvalue weighted by atomic mass is 9.87. The largest absolute Gasteiger partial charge is 0.344 e. The van der Waals surface area contributed by atoms with E-state index in [1.54, 1.807) is 13.8 Å². The molecular formula is C12H20ClNO2. The highest BCUT2D eigenvalue weighted by atomic mass is 35.5. The summed E-state index contributed by atoms with van der Waals surface area (Å²) in [4.78, 5) is 23.4. The maximum absolute atomic E-state index is 11.9. The average molecular weight is 246 g/mol. The van der Waals surface area contributed by atoms with E-state index in [0.29, 0.717) is 0 Å². The van der Waals surface area contributed by atoms with Crippen LogP contribution in [0.3, 0.4) is 0 Å². The number of alkyl halides is 1. The smallest absolute Gasteiger partial charge is 0.223 e. The zero-order valence-electron chi connectivity index (χ0n) is 10.0. The number of amides is 1. The minimum absolute atomic E-state index is 0.00293. The first kappa shape index (κ1) is 13.5. The molecule has 0 heterocycles. The monoisotopic (exact) mass is 245 g/mol. The molecular weight excluding hydrogens is 226 g/mol. The number of hydrogen-bond donors (Lipinski definition) is 1. The molecule has 0 bridgehead atoms. The van der Waals surface area contributed by atoms with Crippen LogP contribution in [0.5, 0.6) is 0 Å². The molecule has 0 aromatic carbocycles. The van der Waals surface area contributed by atoms with Gasteiger partial charge in [-0.05, 0) is 26.7 Å². The lowest BCUT2D eigenvalue weighted by molar-refractivity contribution is -0.132. The molecule has 0 saturated heterocycles. The number of halogens is 1. The third kappa shape index (κ3) is 3.48. The Hall–Kier alpha value is -0.570. The molecule has 0 unspecified atom stereocenters. The number of carbonyl (C=O) groups excluding carboxylic acids is 2. The number of Topliss-reactive ketones (excluding diaryl/α,β-unsaturated/α-hetero) is 1. The minimum Gasteiger partial charge on any atom is -0.344 e. The van der Waals surface area contributed by atoms with E-state index >= 15 is 0 Å². The second-order valence-corrected chi connectivity index (χ2v) is 5.27. The Bertz CT molecular complexity index is 270. The molecule has 0 atom stereocenters. The predicted molar refractivity (Wildman–Crippen MR) is 64.5 cm³/mol. The van der Waals surface area contributed by atoms with Gasteiger partial charge in [0.05, 0.1) is 11.4 Å². The molecule has 0 aromatic heterocycles. The van der Waals surface area contributed by atoms with Crippen LogP contribution in [0.2, 0.25) is 0 Å². The molecule has 3 nitrogen and oxygen atoms in total. The maximum Gasteiger partial charge on any atom is 0.223 e. The van der Waals surface area contributed by atoms with Crippen molar-refractivity contribution in [2.45, 2.75) is 51.5 Å². The molecule has 1 fully saturated rings. The molecule has 0 aliphatic heterocycles. The van der Waals surface area contributed by atoms with E-state index in [1.165, 1.54) is 6.42 Å². The number of carbonyl (C=O) groups is 2. The Labute approximate surface area is 102 Å². The summed E-state index contributed by atoms with van der Waals surface area (Å²) in [6, 6.07) is 0. The molecule has 1 aliphatic carbocycles. The number of nitrogens with one attached hydrogen (secondary N) is 1. The minimum atomic E-state index is -0.837. The first-order chi connectivity index (χ1) is 7.47. The predicted octanol–water partition coefficient (Wildman–Crippen LogP) is 2.27. The van der Waals surface area contributed by atoms with E-state index in [1.807, 2.05) is 0 Å². The fraction of sp³-hybridized carbons (Fsp3) is 0.833. The van der Waals surface area contributed by atoms with Crippen molar-refractivity contribution in [2.75, 3.05) is 5.88 Å². The Morgan fingerprint density at radius 1 is 1.25 bits per heavy atom. The summed E-state index contributed by atoms with van der Waals surface area (Å²) in [7, 11) is 0. The Kier molecular flexibility index (Phi) is 4.78. The van der Waals surface area contributed by atoms with Crippen molar-refractivity contribution in [1.29, 1.82) is 0 Å². The molecule has 16 heavy (non-hydrogen) atoms. The van der Waals surface area contributed by atoms with Gasteiger partial charge in [-0.15, -0.1) is 11.6 Å². The van der Waals surface area contributed by atoms with Crippen LogP contribution in [0.4, 0.5) is 0 Å². The molecule has 1 N–H and O–H groups in total. The van der Waals surface area contributed by atoms with Gasteiger partial charge in [0.1, 0.15) is 0 Å². The summed E-state index contributed by atoms with van der Waals surface area (Å²) in [5.74, 6) is -0.115. The van der Waals surface area contributed by atoms with Crippen LogP contribution in [0, 0.1) is 5.92 Å². The second kappa shape index (κ2) is 5.67. The van der Waals surface area contributed by atoms with Gasteiger partial charge in [-0.25, -0.2) is 0 Å². The lowest BCUT2D eigenvalue weighted by Crippen LogP contribution is -2.52. The van der Waals surface area contributed by atoms with Gasteiger partial charge >= 0.3 is 0 Å². The van der Waals surface area contributed by atoms with E-state index in [9.17, 15) is 9.59 Å². The van der Waals surface area contributed by atoms with Gasteiger partial charge in [-0.1, -0.05) is 19.3 Å². The first-order valence-corrected chi connectivity index (χ1v) is 6.42. The molecule has 1 amide bonds. The van der Waals surface area contributed by atoms with Crippen molar-refractivity contribution in [3.8, 4) is 0 Å². The molecule has 1 aliphatic rings. The van der Waals surface area contributed by atoms with Crippen molar-refractivity contribution in [1.82, 2.24) is 5.32 Å². The average Bonchev–Trinajstić information content (AvgIpc) is 2.28. The van der Waals surface area contributed by atoms with Crippen LogP contribution in [0.1, 0.15) is 46.0 Å². The third-order valence-electron chi connectivity index (χ3n) is 3.23. The lowest BCUT2D eigenvalue weighted by Gasteiger charge is -2.28. The van der Waals surface area contributed by atoms with Crippen LogP contribution < -0.4 is 5.32 Å². The highest BCUT2D eigenvalue weighted by Crippen LogP contribution is 2.24. The van der Waals surface area contributed by atoms with Crippen molar-refractivity contribution < 1.29 is 9.59 Å². The summed E-state index contributed by atoms with van der Waals surface area (Å²) in [5, 5.41) is 2.80. The van der Waals surface area contributed by atoms with E-state index in [4.69, 9.17) is 11.6 Å². The van der Waals surface area contributed by atoms with Gasteiger partial charge in [0.2, 0.25) is 5.91 Å². The molecule has 4 heteroatoms. The Balaban J connectivity index is 2.52. The molecule has 0 aromatic rings. The van der Waals surface area contributed by atoms with Gasteiger partial charge in [-0.2, -0.15) is 0 Å². The Morgan fingerprint density at radius 2 is 1.81 bits per heavy atom.